The molecule has 0 aliphatic carbocycles. The van der Waals surface area contributed by atoms with Crippen LogP contribution in [0, 0.1) is 5.82 Å². The second-order valence-electron chi connectivity index (χ2n) is 6.87. The first-order chi connectivity index (χ1) is 14.8. The number of esters is 1. The van der Waals surface area contributed by atoms with Gasteiger partial charge < -0.3 is 15.2 Å². The highest BCUT2D eigenvalue weighted by molar-refractivity contribution is 5.90. The number of hydrogen-bond donors (Lipinski definition) is 1. The molecule has 160 valence electrons. The largest absolute Gasteiger partial charge is 0.422 e. The summed E-state index contributed by atoms with van der Waals surface area (Å²) in [5.41, 5.74) is 7.08. The van der Waals surface area contributed by atoms with Gasteiger partial charge in [0.25, 0.3) is 6.29 Å². The molecule has 2 atom stereocenters. The maximum Gasteiger partial charge on any atom is 0.417 e. The van der Waals surface area contributed by atoms with Gasteiger partial charge in [0.1, 0.15) is 24.1 Å². The number of carbonyl (C=O) groups is 2. The Morgan fingerprint density at radius 3 is 2.77 bits per heavy atom. The fraction of sp³-hybridized carbons (Fsp3) is 0.263. The third-order valence-corrected chi connectivity index (χ3v) is 4.59. The number of amides is 1. The molecule has 1 aliphatic heterocycles. The molecule has 1 aromatic carbocycles. The summed E-state index contributed by atoms with van der Waals surface area (Å²) in [6.07, 6.45) is -0.353. The van der Waals surface area contributed by atoms with E-state index in [2.05, 4.69) is 20.5 Å². The van der Waals surface area contributed by atoms with Crippen molar-refractivity contribution in [1.29, 1.82) is 0 Å². The Kier molecular flexibility index (Phi) is 5.29. The molecule has 0 bridgehead atoms. The van der Waals surface area contributed by atoms with Crippen LogP contribution in [-0.4, -0.2) is 56.1 Å². The highest BCUT2D eigenvalue weighted by atomic mass is 19.1. The Morgan fingerprint density at radius 1 is 1.35 bits per heavy atom. The second kappa shape index (κ2) is 8.07. The number of carbonyl (C=O) groups excluding carboxylic acids is 2. The number of cyclic esters (lactones) is 1. The van der Waals surface area contributed by atoms with E-state index in [9.17, 15) is 14.0 Å². The van der Waals surface area contributed by atoms with Gasteiger partial charge in [-0.1, -0.05) is 6.07 Å². The molecule has 31 heavy (non-hydrogen) atoms. The number of nitrogens with zero attached hydrogens (tertiary/aromatic N) is 6. The molecule has 1 fully saturated rings. The molecular formula is C19H18FN7O4. The highest BCUT2D eigenvalue weighted by Crippen LogP contribution is 2.29. The fourth-order valence-electron chi connectivity index (χ4n) is 2.98. The SMILES string of the molecule is C[C@H](N)C(=O)O[C@H]1CN(c2ccc(-c3ccc(-c4nnnn4C)nc3)c(F)c2)C(=O)O1. The van der Waals surface area contributed by atoms with Crippen LogP contribution < -0.4 is 10.6 Å². The van der Waals surface area contributed by atoms with E-state index in [-0.39, 0.29) is 12.2 Å². The molecule has 0 unspecified atom stereocenters. The van der Waals surface area contributed by atoms with Crippen molar-refractivity contribution < 1.29 is 23.5 Å². The maximum absolute atomic E-state index is 14.8. The van der Waals surface area contributed by atoms with Crippen LogP contribution >= 0.6 is 0 Å². The minimum Gasteiger partial charge on any atom is -0.422 e. The van der Waals surface area contributed by atoms with Crippen molar-refractivity contribution in [2.45, 2.75) is 19.3 Å². The van der Waals surface area contributed by atoms with Crippen LogP contribution in [0.2, 0.25) is 0 Å². The lowest BCUT2D eigenvalue weighted by atomic mass is 10.1. The number of rotatable bonds is 5. The Bertz CT molecular complexity index is 1130. The van der Waals surface area contributed by atoms with Crippen LogP contribution in [0.4, 0.5) is 14.9 Å². The third-order valence-electron chi connectivity index (χ3n) is 4.59. The van der Waals surface area contributed by atoms with Crippen molar-refractivity contribution in [3.05, 3.63) is 42.3 Å². The van der Waals surface area contributed by atoms with Gasteiger partial charge >= 0.3 is 12.1 Å². The lowest BCUT2D eigenvalue weighted by molar-refractivity contribution is -0.163. The van der Waals surface area contributed by atoms with E-state index in [1.807, 2.05) is 0 Å². The first-order valence-corrected chi connectivity index (χ1v) is 9.26. The predicted octanol–water partition coefficient (Wildman–Crippen LogP) is 1.25. The summed E-state index contributed by atoms with van der Waals surface area (Å²) in [6, 6.07) is 6.82. The number of tetrazole rings is 1. The fourth-order valence-corrected chi connectivity index (χ4v) is 2.98. The van der Waals surface area contributed by atoms with Crippen LogP contribution in [0.15, 0.2) is 36.5 Å². The molecule has 0 saturated carbocycles. The van der Waals surface area contributed by atoms with Crippen LogP contribution in [0.25, 0.3) is 22.6 Å². The number of hydrogen-bond acceptors (Lipinski definition) is 9. The van der Waals surface area contributed by atoms with Gasteiger partial charge in [-0.05, 0) is 41.6 Å². The van der Waals surface area contributed by atoms with E-state index in [4.69, 9.17) is 15.2 Å². The normalized spacial score (nSPS) is 16.8. The minimum atomic E-state index is -1.11. The molecule has 2 N–H and O–H groups in total. The Labute approximate surface area is 175 Å². The van der Waals surface area contributed by atoms with E-state index in [1.54, 1.807) is 25.2 Å². The van der Waals surface area contributed by atoms with Crippen molar-refractivity contribution in [3.63, 3.8) is 0 Å². The first-order valence-electron chi connectivity index (χ1n) is 9.26. The smallest absolute Gasteiger partial charge is 0.417 e. The number of nitrogens with two attached hydrogens (primary N) is 1. The first kappa shape index (κ1) is 20.3. The number of pyridine rings is 1. The molecule has 11 nitrogen and oxygen atoms in total. The van der Waals surface area contributed by atoms with Crippen molar-refractivity contribution >= 4 is 17.7 Å². The van der Waals surface area contributed by atoms with Gasteiger partial charge in [0.15, 0.2) is 5.82 Å². The lowest BCUT2D eigenvalue weighted by Gasteiger charge is -2.14. The summed E-state index contributed by atoms with van der Waals surface area (Å²) >= 11 is 0. The molecule has 2 aromatic heterocycles. The second-order valence-corrected chi connectivity index (χ2v) is 6.87. The molecule has 0 spiro atoms. The standard InChI is InChI=1S/C19H18FN7O4/c1-10(21)18(28)30-16-9-27(19(29)31-16)12-4-5-13(14(20)7-12)11-3-6-15(22-8-11)17-23-24-25-26(17)2/h3-8,10,16H,9,21H2,1-2H3/t10-,16+/m0/s1. The number of ether oxygens (including phenoxy) is 2. The van der Waals surface area contributed by atoms with Crippen LogP contribution in [0.1, 0.15) is 6.92 Å². The summed E-state index contributed by atoms with van der Waals surface area (Å²) in [6.45, 7) is 1.38. The van der Waals surface area contributed by atoms with Gasteiger partial charge in [-0.3, -0.25) is 14.7 Å². The molecule has 12 heteroatoms. The zero-order valence-electron chi connectivity index (χ0n) is 16.6. The zero-order valence-corrected chi connectivity index (χ0v) is 16.6. The van der Waals surface area contributed by atoms with E-state index in [0.717, 1.165) is 0 Å². The molecule has 0 radical (unpaired) electrons. The summed E-state index contributed by atoms with van der Waals surface area (Å²) < 4.78 is 26.3. The molecule has 3 aromatic rings. The average Bonchev–Trinajstić information content (AvgIpc) is 3.33. The number of aryl methyl sites for hydroxylation is 1. The van der Waals surface area contributed by atoms with E-state index in [1.165, 1.54) is 34.8 Å². The Morgan fingerprint density at radius 2 is 2.16 bits per heavy atom. The van der Waals surface area contributed by atoms with Crippen molar-refractivity contribution in [3.8, 4) is 22.6 Å². The summed E-state index contributed by atoms with van der Waals surface area (Å²) in [4.78, 5) is 29.2. The molecule has 4 rings (SSSR count). The van der Waals surface area contributed by atoms with Gasteiger partial charge in [-0.25, -0.2) is 13.9 Å². The van der Waals surface area contributed by atoms with E-state index < -0.39 is 30.2 Å². The van der Waals surface area contributed by atoms with Crippen LogP contribution in [0.3, 0.4) is 0 Å². The Hall–Kier alpha value is -3.93. The summed E-state index contributed by atoms with van der Waals surface area (Å²) in [5.74, 6) is -0.778. The zero-order chi connectivity index (χ0) is 22.1. The highest BCUT2D eigenvalue weighted by Gasteiger charge is 2.35. The quantitative estimate of drug-likeness (QED) is 0.596. The lowest BCUT2D eigenvalue weighted by Crippen LogP contribution is -2.34. The van der Waals surface area contributed by atoms with Crippen molar-refractivity contribution in [2.24, 2.45) is 12.8 Å². The minimum absolute atomic E-state index is 0.0714. The Balaban J connectivity index is 1.51. The molecule has 3 heterocycles. The topological polar surface area (TPSA) is 138 Å². The van der Waals surface area contributed by atoms with Crippen molar-refractivity contribution in [1.82, 2.24) is 25.2 Å². The van der Waals surface area contributed by atoms with E-state index >= 15 is 0 Å². The number of anilines is 1. The van der Waals surface area contributed by atoms with Crippen molar-refractivity contribution in [2.75, 3.05) is 11.4 Å². The molecule has 1 aliphatic rings. The summed E-state index contributed by atoms with van der Waals surface area (Å²) in [5, 5.41) is 11.2. The third kappa shape index (κ3) is 4.05. The molecule has 1 amide bonds. The van der Waals surface area contributed by atoms with Gasteiger partial charge in [-0.15, -0.1) is 5.10 Å². The average molecular weight is 427 g/mol. The van der Waals surface area contributed by atoms with Crippen LogP contribution in [-0.2, 0) is 21.3 Å². The molecular weight excluding hydrogens is 409 g/mol. The molecule has 1 saturated heterocycles. The summed E-state index contributed by atoms with van der Waals surface area (Å²) in [7, 11) is 1.69. The number of halogens is 1. The number of aromatic nitrogens is 5. The number of benzene rings is 1. The van der Waals surface area contributed by atoms with E-state index in [0.29, 0.717) is 22.6 Å². The van der Waals surface area contributed by atoms with Gasteiger partial charge in [0, 0.05) is 24.4 Å². The van der Waals surface area contributed by atoms with Gasteiger partial charge in [-0.2, -0.15) is 0 Å². The monoisotopic (exact) mass is 427 g/mol. The predicted molar refractivity (Wildman–Crippen MR) is 105 cm³/mol. The van der Waals surface area contributed by atoms with Crippen LogP contribution in [0.5, 0.6) is 0 Å². The van der Waals surface area contributed by atoms with Gasteiger partial charge in [0.05, 0.1) is 5.69 Å². The van der Waals surface area contributed by atoms with Gasteiger partial charge in [0.2, 0.25) is 0 Å². The maximum atomic E-state index is 14.8.